The molecule has 2 heterocycles. The zero-order valence-corrected chi connectivity index (χ0v) is 17.6. The number of nitrogens with zero attached hydrogens (tertiary/aromatic N) is 3. The van der Waals surface area contributed by atoms with Crippen molar-refractivity contribution >= 4 is 11.8 Å². The van der Waals surface area contributed by atoms with Gasteiger partial charge >= 0.3 is 0 Å². The Morgan fingerprint density at radius 1 is 1.30 bits per heavy atom. The summed E-state index contributed by atoms with van der Waals surface area (Å²) in [7, 11) is 3.41. The van der Waals surface area contributed by atoms with E-state index < -0.39 is 0 Å². The van der Waals surface area contributed by atoms with Crippen LogP contribution >= 0.6 is 0 Å². The lowest BCUT2D eigenvalue weighted by Crippen LogP contribution is -2.45. The molecule has 0 amide bonds. The molecule has 1 fully saturated rings. The molecule has 30 heavy (non-hydrogen) atoms. The highest BCUT2D eigenvalue weighted by atomic mass is 19.1. The van der Waals surface area contributed by atoms with Crippen LogP contribution in [0.3, 0.4) is 0 Å². The Kier molecular flexibility index (Phi) is 8.26. The molecule has 0 saturated carbocycles. The number of pyridine rings is 1. The van der Waals surface area contributed by atoms with Crippen LogP contribution in [0.15, 0.2) is 47.6 Å². The van der Waals surface area contributed by atoms with Gasteiger partial charge < -0.3 is 25.0 Å². The Labute approximate surface area is 177 Å². The number of rotatable bonds is 9. The van der Waals surface area contributed by atoms with Gasteiger partial charge in [0.1, 0.15) is 5.75 Å². The number of anilines is 1. The van der Waals surface area contributed by atoms with Gasteiger partial charge in [0.15, 0.2) is 17.6 Å². The Balaban J connectivity index is 1.32. The van der Waals surface area contributed by atoms with Gasteiger partial charge in [0, 0.05) is 45.5 Å². The number of guanidine groups is 1. The summed E-state index contributed by atoms with van der Waals surface area (Å²) >= 11 is 0. The third kappa shape index (κ3) is 6.32. The van der Waals surface area contributed by atoms with Crippen LogP contribution in [-0.4, -0.2) is 57.4 Å². The molecule has 1 unspecified atom stereocenters. The van der Waals surface area contributed by atoms with E-state index >= 15 is 0 Å². The van der Waals surface area contributed by atoms with E-state index in [2.05, 4.69) is 20.6 Å². The number of methoxy groups -OCH3 is 1. The first-order valence-corrected chi connectivity index (χ1v) is 10.2. The SMILES string of the molecule is CN=C(NCCCOCc1ccc(OC)cc1)NC1CCN(c2ncccc2F)C1. The standard InChI is InChI=1S/C22H30FN5O2/c1-24-22(26-12-4-14-30-16-17-6-8-19(29-2)9-7-17)27-18-10-13-28(15-18)21-20(23)5-3-11-25-21/h3,5-9,11,18H,4,10,12-16H2,1-2H3,(H2,24,26,27). The molecule has 0 spiro atoms. The van der Waals surface area contributed by atoms with Crippen molar-refractivity contribution < 1.29 is 13.9 Å². The topological polar surface area (TPSA) is 71.0 Å². The minimum Gasteiger partial charge on any atom is -0.497 e. The van der Waals surface area contributed by atoms with E-state index in [0.29, 0.717) is 25.6 Å². The molecular formula is C22H30FN5O2. The van der Waals surface area contributed by atoms with Crippen molar-refractivity contribution in [1.29, 1.82) is 0 Å². The van der Waals surface area contributed by atoms with E-state index in [-0.39, 0.29) is 11.9 Å². The minimum atomic E-state index is -0.282. The van der Waals surface area contributed by atoms with Crippen molar-refractivity contribution in [3.05, 3.63) is 54.0 Å². The Bertz CT molecular complexity index is 815. The third-order valence-corrected chi connectivity index (χ3v) is 4.98. The normalized spacial score (nSPS) is 16.6. The first kappa shape index (κ1) is 21.8. The second-order valence-corrected chi connectivity index (χ2v) is 7.14. The first-order chi connectivity index (χ1) is 14.7. The molecule has 1 aromatic carbocycles. The lowest BCUT2D eigenvalue weighted by atomic mass is 10.2. The second-order valence-electron chi connectivity index (χ2n) is 7.14. The molecule has 8 heteroatoms. The predicted octanol–water partition coefficient (Wildman–Crippen LogP) is 2.58. The van der Waals surface area contributed by atoms with Crippen LogP contribution < -0.4 is 20.3 Å². The number of ether oxygens (including phenoxy) is 2. The number of halogens is 1. The zero-order chi connectivity index (χ0) is 21.2. The minimum absolute atomic E-state index is 0.198. The Hall–Kier alpha value is -2.87. The summed E-state index contributed by atoms with van der Waals surface area (Å²) in [5, 5.41) is 6.72. The largest absolute Gasteiger partial charge is 0.497 e. The molecule has 3 rings (SSSR count). The van der Waals surface area contributed by atoms with Gasteiger partial charge in [-0.3, -0.25) is 4.99 Å². The van der Waals surface area contributed by atoms with Gasteiger partial charge in [-0.1, -0.05) is 12.1 Å². The van der Waals surface area contributed by atoms with Crippen LogP contribution in [0.5, 0.6) is 5.75 Å². The summed E-state index contributed by atoms with van der Waals surface area (Å²) < 4.78 is 24.8. The van der Waals surface area contributed by atoms with Crippen LogP contribution in [0.25, 0.3) is 0 Å². The summed E-state index contributed by atoms with van der Waals surface area (Å²) in [6.07, 6.45) is 3.39. The molecule has 0 radical (unpaired) electrons. The van der Waals surface area contributed by atoms with Crippen LogP contribution in [0.4, 0.5) is 10.2 Å². The van der Waals surface area contributed by atoms with Crippen molar-refractivity contribution in [3.8, 4) is 5.75 Å². The smallest absolute Gasteiger partial charge is 0.191 e. The van der Waals surface area contributed by atoms with E-state index in [1.54, 1.807) is 26.4 Å². The van der Waals surface area contributed by atoms with E-state index in [1.807, 2.05) is 29.2 Å². The van der Waals surface area contributed by atoms with Crippen molar-refractivity contribution in [2.24, 2.45) is 4.99 Å². The summed E-state index contributed by atoms with van der Waals surface area (Å²) in [5.41, 5.74) is 1.12. The van der Waals surface area contributed by atoms with Gasteiger partial charge in [-0.05, 0) is 42.7 Å². The molecule has 2 N–H and O–H groups in total. The maximum Gasteiger partial charge on any atom is 0.191 e. The van der Waals surface area contributed by atoms with Gasteiger partial charge in [0.05, 0.1) is 13.7 Å². The average Bonchev–Trinajstić information content (AvgIpc) is 3.24. The fraction of sp³-hybridized carbons (Fsp3) is 0.455. The molecule has 1 saturated heterocycles. The number of benzene rings is 1. The van der Waals surface area contributed by atoms with Gasteiger partial charge in [0.25, 0.3) is 0 Å². The van der Waals surface area contributed by atoms with Crippen molar-refractivity contribution in [3.63, 3.8) is 0 Å². The molecule has 0 bridgehead atoms. The number of nitrogens with one attached hydrogen (secondary N) is 2. The summed E-state index contributed by atoms with van der Waals surface area (Å²) in [4.78, 5) is 10.4. The van der Waals surface area contributed by atoms with Crippen LogP contribution in [0.2, 0.25) is 0 Å². The van der Waals surface area contributed by atoms with Crippen LogP contribution in [0, 0.1) is 5.82 Å². The molecule has 1 aliphatic heterocycles. The van der Waals surface area contributed by atoms with E-state index in [1.165, 1.54) is 6.07 Å². The monoisotopic (exact) mass is 415 g/mol. The lowest BCUT2D eigenvalue weighted by molar-refractivity contribution is 0.119. The van der Waals surface area contributed by atoms with Crippen LogP contribution in [-0.2, 0) is 11.3 Å². The number of aliphatic imine (C=N–C) groups is 1. The Morgan fingerprint density at radius 3 is 2.87 bits per heavy atom. The molecule has 162 valence electrons. The van der Waals surface area contributed by atoms with Gasteiger partial charge in [-0.15, -0.1) is 0 Å². The van der Waals surface area contributed by atoms with E-state index in [0.717, 1.165) is 43.2 Å². The van der Waals surface area contributed by atoms with E-state index in [9.17, 15) is 4.39 Å². The van der Waals surface area contributed by atoms with Gasteiger partial charge in [-0.2, -0.15) is 0 Å². The first-order valence-electron chi connectivity index (χ1n) is 10.2. The fourth-order valence-electron chi connectivity index (χ4n) is 3.36. The molecule has 0 aliphatic carbocycles. The Morgan fingerprint density at radius 2 is 2.13 bits per heavy atom. The molecule has 2 aromatic rings. The van der Waals surface area contributed by atoms with E-state index in [4.69, 9.17) is 9.47 Å². The average molecular weight is 416 g/mol. The number of hydrogen-bond acceptors (Lipinski definition) is 5. The molecule has 1 atom stereocenters. The fourth-order valence-corrected chi connectivity index (χ4v) is 3.36. The number of hydrogen-bond donors (Lipinski definition) is 2. The van der Waals surface area contributed by atoms with Crippen molar-refractivity contribution in [1.82, 2.24) is 15.6 Å². The summed E-state index contributed by atoms with van der Waals surface area (Å²) in [6.45, 7) is 3.46. The molecule has 1 aliphatic rings. The highest BCUT2D eigenvalue weighted by molar-refractivity contribution is 5.80. The quantitative estimate of drug-likeness (QED) is 0.373. The van der Waals surface area contributed by atoms with Gasteiger partial charge in [-0.25, -0.2) is 9.37 Å². The van der Waals surface area contributed by atoms with Crippen molar-refractivity contribution in [2.75, 3.05) is 45.3 Å². The van der Waals surface area contributed by atoms with Crippen molar-refractivity contribution in [2.45, 2.75) is 25.5 Å². The predicted molar refractivity (Wildman–Crippen MR) is 117 cm³/mol. The number of aromatic nitrogens is 1. The highest BCUT2D eigenvalue weighted by Gasteiger charge is 2.25. The van der Waals surface area contributed by atoms with Crippen LogP contribution in [0.1, 0.15) is 18.4 Å². The summed E-state index contributed by atoms with van der Waals surface area (Å²) in [6, 6.07) is 11.1. The zero-order valence-electron chi connectivity index (χ0n) is 17.6. The summed E-state index contributed by atoms with van der Waals surface area (Å²) in [5.74, 6) is 1.73. The maximum absolute atomic E-state index is 13.9. The van der Waals surface area contributed by atoms with Gasteiger partial charge in [0.2, 0.25) is 0 Å². The molecule has 7 nitrogen and oxygen atoms in total. The second kappa shape index (κ2) is 11.3. The maximum atomic E-state index is 13.9. The highest BCUT2D eigenvalue weighted by Crippen LogP contribution is 2.20. The lowest BCUT2D eigenvalue weighted by Gasteiger charge is -2.20. The molecular weight excluding hydrogens is 385 g/mol. The molecule has 1 aromatic heterocycles. The third-order valence-electron chi connectivity index (χ3n) is 4.98.